The van der Waals surface area contributed by atoms with Gasteiger partial charge < -0.3 is 5.73 Å². The van der Waals surface area contributed by atoms with Crippen molar-refractivity contribution in [3.8, 4) is 0 Å². The molecule has 0 amide bonds. The molecule has 0 aliphatic carbocycles. The normalized spacial score (nSPS) is 14.0. The number of benzene rings is 1. The molecule has 1 rings (SSSR count). The van der Waals surface area contributed by atoms with Gasteiger partial charge in [-0.1, -0.05) is 31.5 Å². The number of nitrogens with two attached hydrogens (primary N) is 1. The highest BCUT2D eigenvalue weighted by atomic mass is 35.5. The number of hydrogen-bond acceptors (Lipinski definition) is 1. The SMILES string of the molecule is CC(C)CC[C@H](N)c1c(Cl)cccc1C(F)(F)F. The lowest BCUT2D eigenvalue weighted by molar-refractivity contribution is -0.138. The Kier molecular flexibility index (Phi) is 5.05. The van der Waals surface area contributed by atoms with Gasteiger partial charge in [0.15, 0.2) is 0 Å². The Labute approximate surface area is 110 Å². The van der Waals surface area contributed by atoms with Crippen LogP contribution in [-0.2, 0) is 6.18 Å². The lowest BCUT2D eigenvalue weighted by Crippen LogP contribution is -2.18. The first-order valence-corrected chi connectivity index (χ1v) is 6.22. The van der Waals surface area contributed by atoms with E-state index in [1.807, 2.05) is 13.8 Å². The zero-order valence-corrected chi connectivity index (χ0v) is 11.1. The summed E-state index contributed by atoms with van der Waals surface area (Å²) in [6, 6.07) is 3.08. The van der Waals surface area contributed by atoms with Crippen LogP contribution in [0.4, 0.5) is 13.2 Å². The van der Waals surface area contributed by atoms with Gasteiger partial charge in [0.1, 0.15) is 0 Å². The average Bonchev–Trinajstić information content (AvgIpc) is 2.24. The van der Waals surface area contributed by atoms with Crippen molar-refractivity contribution >= 4 is 11.6 Å². The second-order valence-electron chi connectivity index (χ2n) is 4.78. The second-order valence-corrected chi connectivity index (χ2v) is 5.18. The summed E-state index contributed by atoms with van der Waals surface area (Å²) in [7, 11) is 0. The zero-order chi connectivity index (χ0) is 13.9. The Morgan fingerprint density at radius 1 is 1.22 bits per heavy atom. The molecule has 0 radical (unpaired) electrons. The molecule has 1 atom stereocenters. The van der Waals surface area contributed by atoms with Crippen LogP contribution >= 0.6 is 11.6 Å². The topological polar surface area (TPSA) is 26.0 Å². The van der Waals surface area contributed by atoms with E-state index in [0.717, 1.165) is 12.5 Å². The highest BCUT2D eigenvalue weighted by Gasteiger charge is 2.35. The van der Waals surface area contributed by atoms with E-state index in [-0.39, 0.29) is 10.6 Å². The predicted octanol–water partition coefficient (Wildman–Crippen LogP) is 4.79. The molecule has 1 nitrogen and oxygen atoms in total. The summed E-state index contributed by atoms with van der Waals surface area (Å²) < 4.78 is 38.6. The van der Waals surface area contributed by atoms with E-state index in [2.05, 4.69) is 0 Å². The Balaban J connectivity index is 3.06. The number of rotatable bonds is 4. The Morgan fingerprint density at radius 3 is 2.33 bits per heavy atom. The average molecular weight is 280 g/mol. The molecule has 1 aromatic carbocycles. The molecular weight excluding hydrogens is 263 g/mol. The minimum atomic E-state index is -4.42. The summed E-state index contributed by atoms with van der Waals surface area (Å²) in [5.74, 6) is 0.396. The van der Waals surface area contributed by atoms with E-state index in [4.69, 9.17) is 17.3 Å². The Hall–Kier alpha value is -0.740. The molecule has 2 N–H and O–H groups in total. The van der Waals surface area contributed by atoms with Crippen LogP contribution in [0.5, 0.6) is 0 Å². The van der Waals surface area contributed by atoms with Gasteiger partial charge in [0.2, 0.25) is 0 Å². The summed E-state index contributed by atoms with van der Waals surface area (Å²) in [6.07, 6.45) is -3.16. The lowest BCUT2D eigenvalue weighted by Gasteiger charge is -2.20. The molecule has 0 heterocycles. The molecule has 0 bridgehead atoms. The maximum atomic E-state index is 12.9. The summed E-state index contributed by atoms with van der Waals surface area (Å²) in [5.41, 5.74) is 5.13. The molecule has 1 aromatic rings. The smallest absolute Gasteiger partial charge is 0.324 e. The van der Waals surface area contributed by atoms with Crippen LogP contribution in [0.3, 0.4) is 0 Å². The summed E-state index contributed by atoms with van der Waals surface area (Å²) in [5, 5.41) is 0.0843. The summed E-state index contributed by atoms with van der Waals surface area (Å²) in [6.45, 7) is 4.01. The van der Waals surface area contributed by atoms with Crippen molar-refractivity contribution < 1.29 is 13.2 Å². The van der Waals surface area contributed by atoms with Crippen molar-refractivity contribution in [3.63, 3.8) is 0 Å². The summed E-state index contributed by atoms with van der Waals surface area (Å²) >= 11 is 5.87. The van der Waals surface area contributed by atoms with E-state index >= 15 is 0 Å². The molecule has 0 aliphatic rings. The first-order valence-electron chi connectivity index (χ1n) is 5.84. The van der Waals surface area contributed by atoms with Crippen molar-refractivity contribution in [1.29, 1.82) is 0 Å². The molecule has 0 spiro atoms. The Bertz CT molecular complexity index is 402. The molecule has 0 unspecified atom stereocenters. The van der Waals surface area contributed by atoms with Gasteiger partial charge in [-0.2, -0.15) is 13.2 Å². The van der Waals surface area contributed by atoms with Gasteiger partial charge >= 0.3 is 6.18 Å². The monoisotopic (exact) mass is 279 g/mol. The number of halogens is 4. The first-order chi connectivity index (χ1) is 8.23. The fraction of sp³-hybridized carbons (Fsp3) is 0.538. The Morgan fingerprint density at radius 2 is 1.83 bits per heavy atom. The predicted molar refractivity (Wildman–Crippen MR) is 67.5 cm³/mol. The molecule has 5 heteroatoms. The third-order valence-electron chi connectivity index (χ3n) is 2.78. The van der Waals surface area contributed by atoms with Gasteiger partial charge in [-0.15, -0.1) is 0 Å². The number of alkyl halides is 3. The van der Waals surface area contributed by atoms with Gasteiger partial charge in [-0.05, 0) is 36.5 Å². The molecule has 102 valence electrons. The van der Waals surface area contributed by atoms with Crippen LogP contribution in [0, 0.1) is 5.92 Å². The molecule has 18 heavy (non-hydrogen) atoms. The van der Waals surface area contributed by atoms with Gasteiger partial charge in [0, 0.05) is 11.1 Å². The van der Waals surface area contributed by atoms with Crippen LogP contribution in [0.1, 0.15) is 43.9 Å². The fourth-order valence-corrected chi connectivity index (χ4v) is 2.13. The summed E-state index contributed by atoms with van der Waals surface area (Å²) in [4.78, 5) is 0. The third-order valence-corrected chi connectivity index (χ3v) is 3.11. The number of hydrogen-bond donors (Lipinski definition) is 1. The van der Waals surface area contributed by atoms with Crippen LogP contribution in [0.2, 0.25) is 5.02 Å². The van der Waals surface area contributed by atoms with Crippen LogP contribution in [0.25, 0.3) is 0 Å². The molecule has 0 saturated heterocycles. The van der Waals surface area contributed by atoms with Gasteiger partial charge in [-0.3, -0.25) is 0 Å². The highest BCUT2D eigenvalue weighted by molar-refractivity contribution is 6.31. The maximum absolute atomic E-state index is 12.9. The van der Waals surface area contributed by atoms with Crippen molar-refractivity contribution in [2.24, 2.45) is 11.7 Å². The molecule has 0 fully saturated rings. The van der Waals surface area contributed by atoms with Gasteiger partial charge in [-0.25, -0.2) is 0 Å². The first kappa shape index (κ1) is 15.3. The largest absolute Gasteiger partial charge is 0.416 e. The molecule has 0 saturated carbocycles. The van der Waals surface area contributed by atoms with Crippen molar-refractivity contribution in [2.75, 3.05) is 0 Å². The van der Waals surface area contributed by atoms with Crippen LogP contribution in [0.15, 0.2) is 18.2 Å². The lowest BCUT2D eigenvalue weighted by atomic mass is 9.94. The molecule has 0 aromatic heterocycles. The van der Waals surface area contributed by atoms with E-state index < -0.39 is 17.8 Å². The zero-order valence-electron chi connectivity index (χ0n) is 10.4. The van der Waals surface area contributed by atoms with Gasteiger partial charge in [0.05, 0.1) is 5.56 Å². The highest BCUT2D eigenvalue weighted by Crippen LogP contribution is 2.38. The van der Waals surface area contributed by atoms with Crippen LogP contribution in [-0.4, -0.2) is 0 Å². The third kappa shape index (κ3) is 3.89. The van der Waals surface area contributed by atoms with Crippen LogP contribution < -0.4 is 5.73 Å². The van der Waals surface area contributed by atoms with Crippen molar-refractivity contribution in [3.05, 3.63) is 34.3 Å². The van der Waals surface area contributed by atoms with E-state index in [9.17, 15) is 13.2 Å². The quantitative estimate of drug-likeness (QED) is 0.842. The molecule has 0 aliphatic heterocycles. The van der Waals surface area contributed by atoms with Crippen molar-refractivity contribution in [1.82, 2.24) is 0 Å². The van der Waals surface area contributed by atoms with Gasteiger partial charge in [0.25, 0.3) is 0 Å². The van der Waals surface area contributed by atoms with E-state index in [1.165, 1.54) is 12.1 Å². The standard InChI is InChI=1S/C13H17ClF3N/c1-8(2)6-7-11(18)12-9(13(15,16)17)4-3-5-10(12)14/h3-5,8,11H,6-7,18H2,1-2H3/t11-/m0/s1. The van der Waals surface area contributed by atoms with Crippen molar-refractivity contribution in [2.45, 2.75) is 38.9 Å². The minimum absolute atomic E-state index is 0.00677. The second kappa shape index (κ2) is 5.93. The maximum Gasteiger partial charge on any atom is 0.416 e. The van der Waals surface area contributed by atoms with E-state index in [1.54, 1.807) is 0 Å². The fourth-order valence-electron chi connectivity index (χ4n) is 1.82. The molecular formula is C13H17ClF3N. The van der Waals surface area contributed by atoms with E-state index in [0.29, 0.717) is 12.3 Å². The minimum Gasteiger partial charge on any atom is -0.324 e.